The molecule has 2 rings (SSSR count). The molecule has 1 unspecified atom stereocenters. The van der Waals surface area contributed by atoms with E-state index in [9.17, 15) is 14.3 Å². The van der Waals surface area contributed by atoms with Crippen molar-refractivity contribution in [2.24, 2.45) is 0 Å². The lowest BCUT2D eigenvalue weighted by molar-refractivity contribution is -0.121. The van der Waals surface area contributed by atoms with E-state index in [4.69, 9.17) is 0 Å². The first-order valence-corrected chi connectivity index (χ1v) is 6.59. The first-order chi connectivity index (χ1) is 9.15. The number of halogens is 1. The van der Waals surface area contributed by atoms with Crippen LogP contribution in [0.5, 0.6) is 0 Å². The van der Waals surface area contributed by atoms with Gasteiger partial charge in [-0.05, 0) is 30.5 Å². The quantitative estimate of drug-likeness (QED) is 0.648. The van der Waals surface area contributed by atoms with Gasteiger partial charge in [-0.2, -0.15) is 0 Å². The fourth-order valence-electron chi connectivity index (χ4n) is 1.77. The third-order valence-corrected chi connectivity index (χ3v) is 3.06. The fraction of sp³-hybridized carbons (Fsp3) is 0.500. The van der Waals surface area contributed by atoms with E-state index in [1.807, 2.05) is 0 Å². The Bertz CT molecular complexity index is 418. The van der Waals surface area contributed by atoms with Crippen LogP contribution in [0.2, 0.25) is 0 Å². The van der Waals surface area contributed by atoms with E-state index in [0.717, 1.165) is 12.8 Å². The van der Waals surface area contributed by atoms with Gasteiger partial charge >= 0.3 is 0 Å². The average molecular weight is 266 g/mol. The predicted octanol–water partition coefficient (Wildman–Crippen LogP) is 1.12. The zero-order valence-electron chi connectivity index (χ0n) is 10.7. The van der Waals surface area contributed by atoms with Crippen LogP contribution in [0.3, 0.4) is 0 Å². The highest BCUT2D eigenvalue weighted by Crippen LogP contribution is 2.18. The molecule has 104 valence electrons. The minimum Gasteiger partial charge on any atom is -0.387 e. The molecule has 3 N–H and O–H groups in total. The molecule has 1 saturated carbocycles. The van der Waals surface area contributed by atoms with Crippen LogP contribution in [0.1, 0.15) is 30.9 Å². The summed E-state index contributed by atoms with van der Waals surface area (Å²) < 4.78 is 12.7. The third kappa shape index (κ3) is 4.96. The van der Waals surface area contributed by atoms with Gasteiger partial charge in [0.1, 0.15) is 5.82 Å². The number of benzene rings is 1. The Balaban J connectivity index is 1.61. The first-order valence-electron chi connectivity index (χ1n) is 6.59. The molecule has 1 aliphatic rings. The van der Waals surface area contributed by atoms with Gasteiger partial charge in [-0.1, -0.05) is 12.1 Å². The minimum atomic E-state index is -0.688. The van der Waals surface area contributed by atoms with Crippen molar-refractivity contribution >= 4 is 5.91 Å². The van der Waals surface area contributed by atoms with Gasteiger partial charge in [0.05, 0.1) is 6.10 Å². The van der Waals surface area contributed by atoms with Crippen LogP contribution in [0, 0.1) is 5.82 Å². The maximum absolute atomic E-state index is 12.7. The Morgan fingerprint density at radius 2 is 2.05 bits per heavy atom. The summed E-state index contributed by atoms with van der Waals surface area (Å²) in [7, 11) is 0. The van der Waals surface area contributed by atoms with Gasteiger partial charge in [0.25, 0.3) is 0 Å². The standard InChI is InChI=1S/C14H19FN2O2/c15-11-3-1-10(2-4-11)13(18)9-16-8-7-14(19)17-12-5-6-12/h1-4,12-13,16,18H,5-9H2,(H,17,19). The summed E-state index contributed by atoms with van der Waals surface area (Å²) in [5.41, 5.74) is 0.663. The first kappa shape index (κ1) is 14.0. The third-order valence-electron chi connectivity index (χ3n) is 3.06. The summed E-state index contributed by atoms with van der Waals surface area (Å²) >= 11 is 0. The molecule has 5 heteroatoms. The SMILES string of the molecule is O=C(CCNCC(O)c1ccc(F)cc1)NC1CC1. The van der Waals surface area contributed by atoms with Crippen molar-refractivity contribution in [3.63, 3.8) is 0 Å². The van der Waals surface area contributed by atoms with Gasteiger partial charge in [0.15, 0.2) is 0 Å². The van der Waals surface area contributed by atoms with Crippen molar-refractivity contribution in [1.29, 1.82) is 0 Å². The van der Waals surface area contributed by atoms with Crippen LogP contribution in [-0.2, 0) is 4.79 Å². The highest BCUT2D eigenvalue weighted by atomic mass is 19.1. The molecule has 1 aromatic rings. The van der Waals surface area contributed by atoms with E-state index in [1.165, 1.54) is 12.1 Å². The maximum atomic E-state index is 12.7. The smallest absolute Gasteiger partial charge is 0.221 e. The Labute approximate surface area is 112 Å². The molecule has 1 fully saturated rings. The molecule has 0 bridgehead atoms. The molecule has 0 spiro atoms. The molecule has 1 atom stereocenters. The minimum absolute atomic E-state index is 0.0475. The molecular formula is C14H19FN2O2. The Hall–Kier alpha value is -1.46. The molecule has 1 aromatic carbocycles. The Morgan fingerprint density at radius 3 is 2.68 bits per heavy atom. The number of rotatable bonds is 7. The summed E-state index contributed by atoms with van der Waals surface area (Å²) in [6, 6.07) is 6.14. The second kappa shape index (κ2) is 6.63. The van der Waals surface area contributed by atoms with Gasteiger partial charge in [0.2, 0.25) is 5.91 Å². The topological polar surface area (TPSA) is 61.4 Å². The van der Waals surface area contributed by atoms with Crippen molar-refractivity contribution in [2.45, 2.75) is 31.4 Å². The lowest BCUT2D eigenvalue weighted by Crippen LogP contribution is -2.30. The van der Waals surface area contributed by atoms with Crippen LogP contribution in [-0.4, -0.2) is 30.1 Å². The maximum Gasteiger partial charge on any atom is 0.221 e. The van der Waals surface area contributed by atoms with E-state index in [-0.39, 0.29) is 11.7 Å². The van der Waals surface area contributed by atoms with Gasteiger partial charge in [-0.3, -0.25) is 4.79 Å². The summed E-state index contributed by atoms with van der Waals surface area (Å²) in [5, 5.41) is 15.8. The number of aliphatic hydroxyl groups is 1. The lowest BCUT2D eigenvalue weighted by atomic mass is 10.1. The van der Waals surface area contributed by atoms with Crippen LogP contribution < -0.4 is 10.6 Å². The lowest BCUT2D eigenvalue weighted by Gasteiger charge is -2.12. The molecule has 0 saturated heterocycles. The van der Waals surface area contributed by atoms with Crippen molar-refractivity contribution in [3.8, 4) is 0 Å². The van der Waals surface area contributed by atoms with Crippen LogP contribution in [0.25, 0.3) is 0 Å². The second-order valence-corrected chi connectivity index (χ2v) is 4.86. The largest absolute Gasteiger partial charge is 0.387 e. The van der Waals surface area contributed by atoms with E-state index >= 15 is 0 Å². The number of hydrogen-bond donors (Lipinski definition) is 3. The monoisotopic (exact) mass is 266 g/mol. The van der Waals surface area contributed by atoms with Crippen molar-refractivity contribution in [3.05, 3.63) is 35.6 Å². The van der Waals surface area contributed by atoms with Crippen LogP contribution in [0.15, 0.2) is 24.3 Å². The van der Waals surface area contributed by atoms with E-state index in [0.29, 0.717) is 31.1 Å². The number of aliphatic hydroxyl groups excluding tert-OH is 1. The molecule has 0 aromatic heterocycles. The van der Waals surface area contributed by atoms with Crippen LogP contribution in [0.4, 0.5) is 4.39 Å². The normalized spacial score (nSPS) is 16.1. The van der Waals surface area contributed by atoms with E-state index in [1.54, 1.807) is 12.1 Å². The molecule has 0 radical (unpaired) electrons. The Kier molecular flexibility index (Phi) is 4.87. The number of carbonyl (C=O) groups excluding carboxylic acids is 1. The van der Waals surface area contributed by atoms with Gasteiger partial charge in [-0.25, -0.2) is 4.39 Å². The fourth-order valence-corrected chi connectivity index (χ4v) is 1.77. The summed E-state index contributed by atoms with van der Waals surface area (Å²) in [4.78, 5) is 11.4. The second-order valence-electron chi connectivity index (χ2n) is 4.86. The average Bonchev–Trinajstić information content (AvgIpc) is 3.19. The molecule has 4 nitrogen and oxygen atoms in total. The molecule has 19 heavy (non-hydrogen) atoms. The summed E-state index contributed by atoms with van der Waals surface area (Å²) in [5.74, 6) is -0.271. The number of nitrogens with one attached hydrogen (secondary N) is 2. The van der Waals surface area contributed by atoms with Crippen LogP contribution >= 0.6 is 0 Å². The number of hydrogen-bond acceptors (Lipinski definition) is 3. The molecule has 0 heterocycles. The highest BCUT2D eigenvalue weighted by molar-refractivity contribution is 5.76. The van der Waals surface area contributed by atoms with Gasteiger partial charge in [0, 0.05) is 25.6 Å². The van der Waals surface area contributed by atoms with Crippen molar-refractivity contribution in [1.82, 2.24) is 10.6 Å². The van der Waals surface area contributed by atoms with E-state index < -0.39 is 6.10 Å². The van der Waals surface area contributed by atoms with Gasteiger partial charge < -0.3 is 15.7 Å². The molecule has 1 aliphatic carbocycles. The van der Waals surface area contributed by atoms with Gasteiger partial charge in [-0.15, -0.1) is 0 Å². The highest BCUT2D eigenvalue weighted by Gasteiger charge is 2.22. The summed E-state index contributed by atoms with van der Waals surface area (Å²) in [6.07, 6.45) is 1.89. The molecular weight excluding hydrogens is 247 g/mol. The summed E-state index contributed by atoms with van der Waals surface area (Å²) in [6.45, 7) is 0.874. The van der Waals surface area contributed by atoms with Crippen molar-refractivity contribution in [2.75, 3.05) is 13.1 Å². The number of carbonyl (C=O) groups is 1. The van der Waals surface area contributed by atoms with E-state index in [2.05, 4.69) is 10.6 Å². The predicted molar refractivity (Wildman–Crippen MR) is 70.0 cm³/mol. The zero-order valence-corrected chi connectivity index (χ0v) is 10.7. The molecule has 1 amide bonds. The zero-order chi connectivity index (χ0) is 13.7. The number of amides is 1. The Morgan fingerprint density at radius 1 is 1.37 bits per heavy atom. The molecule has 0 aliphatic heterocycles. The van der Waals surface area contributed by atoms with Crippen molar-refractivity contribution < 1.29 is 14.3 Å².